The third-order valence-corrected chi connectivity index (χ3v) is 3.07. The fourth-order valence-electron chi connectivity index (χ4n) is 1.96. The van der Waals surface area contributed by atoms with E-state index in [1.807, 2.05) is 13.0 Å². The van der Waals surface area contributed by atoms with Crippen LogP contribution in [-0.4, -0.2) is 35.3 Å². The van der Waals surface area contributed by atoms with E-state index in [-0.39, 0.29) is 18.4 Å². The van der Waals surface area contributed by atoms with E-state index in [1.54, 1.807) is 26.4 Å². The fraction of sp³-hybridized carbons (Fsp3) is 0.357. The van der Waals surface area contributed by atoms with Crippen molar-refractivity contribution in [1.82, 2.24) is 20.5 Å². The molecule has 0 saturated heterocycles. The van der Waals surface area contributed by atoms with Crippen LogP contribution in [0.1, 0.15) is 24.4 Å². The Labute approximate surface area is 122 Å². The van der Waals surface area contributed by atoms with Crippen LogP contribution in [0.15, 0.2) is 24.5 Å². The van der Waals surface area contributed by atoms with E-state index in [0.29, 0.717) is 17.3 Å². The zero-order valence-electron chi connectivity index (χ0n) is 12.2. The van der Waals surface area contributed by atoms with Gasteiger partial charge in [0.2, 0.25) is 5.91 Å². The van der Waals surface area contributed by atoms with Crippen LogP contribution in [0, 0.1) is 0 Å². The van der Waals surface area contributed by atoms with Crippen molar-refractivity contribution in [3.05, 3.63) is 35.9 Å². The molecular weight excluding hydrogens is 272 g/mol. The molecule has 1 atom stereocenters. The summed E-state index contributed by atoms with van der Waals surface area (Å²) in [6, 6.07) is 5.13. The largest absolute Gasteiger partial charge is 0.497 e. The van der Waals surface area contributed by atoms with Crippen molar-refractivity contribution in [3.63, 3.8) is 0 Å². The molecule has 0 fully saturated rings. The Morgan fingerprint density at radius 3 is 2.81 bits per heavy atom. The number of nitrogens with one attached hydrogen (secondary N) is 2. The van der Waals surface area contributed by atoms with Crippen LogP contribution in [0.3, 0.4) is 0 Å². The Bertz CT molecular complexity index is 598. The molecule has 0 spiro atoms. The molecule has 0 aliphatic rings. The summed E-state index contributed by atoms with van der Waals surface area (Å²) >= 11 is 0. The predicted molar refractivity (Wildman–Crippen MR) is 76.2 cm³/mol. The lowest BCUT2D eigenvalue weighted by atomic mass is 10.1. The SMILES string of the molecule is COc1ccc(CC(=O)NC(C)c2ncn[nH]2)c(OC)c1. The van der Waals surface area contributed by atoms with Crippen molar-refractivity contribution in [2.75, 3.05) is 14.2 Å². The van der Waals surface area contributed by atoms with E-state index in [0.717, 1.165) is 5.56 Å². The summed E-state index contributed by atoms with van der Waals surface area (Å²) < 4.78 is 10.4. The van der Waals surface area contributed by atoms with Gasteiger partial charge in [-0.3, -0.25) is 9.89 Å². The molecule has 0 saturated carbocycles. The lowest BCUT2D eigenvalue weighted by molar-refractivity contribution is -0.121. The van der Waals surface area contributed by atoms with Crippen molar-refractivity contribution >= 4 is 5.91 Å². The second-order valence-corrected chi connectivity index (χ2v) is 4.51. The molecule has 2 N–H and O–H groups in total. The Hall–Kier alpha value is -2.57. The van der Waals surface area contributed by atoms with Crippen LogP contribution in [-0.2, 0) is 11.2 Å². The van der Waals surface area contributed by atoms with Crippen molar-refractivity contribution in [1.29, 1.82) is 0 Å². The molecule has 7 nitrogen and oxygen atoms in total. The standard InChI is InChI=1S/C14H18N4O3/c1-9(14-15-8-16-18-14)17-13(19)6-10-4-5-11(20-2)7-12(10)21-3/h4-5,7-9H,6H2,1-3H3,(H,17,19)(H,15,16,18). The number of carbonyl (C=O) groups is 1. The summed E-state index contributed by atoms with van der Waals surface area (Å²) in [4.78, 5) is 16.1. The van der Waals surface area contributed by atoms with Gasteiger partial charge in [-0.05, 0) is 13.0 Å². The predicted octanol–water partition coefficient (Wildman–Crippen LogP) is 1.24. The molecular formula is C14H18N4O3. The van der Waals surface area contributed by atoms with Gasteiger partial charge in [-0.25, -0.2) is 4.98 Å². The van der Waals surface area contributed by atoms with Gasteiger partial charge >= 0.3 is 0 Å². The number of aromatic nitrogens is 3. The summed E-state index contributed by atoms with van der Waals surface area (Å²) in [5.74, 6) is 1.80. The minimum atomic E-state index is -0.232. The molecule has 2 aromatic rings. The molecule has 1 aromatic heterocycles. The molecule has 1 aromatic carbocycles. The van der Waals surface area contributed by atoms with Crippen molar-refractivity contribution < 1.29 is 14.3 Å². The number of rotatable bonds is 6. The lowest BCUT2D eigenvalue weighted by Crippen LogP contribution is -2.28. The van der Waals surface area contributed by atoms with Crippen LogP contribution in [0.4, 0.5) is 0 Å². The van der Waals surface area contributed by atoms with Crippen LogP contribution >= 0.6 is 0 Å². The fourth-order valence-corrected chi connectivity index (χ4v) is 1.96. The quantitative estimate of drug-likeness (QED) is 0.835. The van der Waals surface area contributed by atoms with Gasteiger partial charge in [-0.1, -0.05) is 6.07 Å². The van der Waals surface area contributed by atoms with Gasteiger partial charge in [0.05, 0.1) is 26.7 Å². The van der Waals surface area contributed by atoms with E-state index in [9.17, 15) is 4.79 Å². The van der Waals surface area contributed by atoms with Crippen molar-refractivity contribution in [3.8, 4) is 11.5 Å². The third kappa shape index (κ3) is 3.71. The number of hydrogen-bond acceptors (Lipinski definition) is 5. The topological polar surface area (TPSA) is 89.1 Å². The summed E-state index contributed by atoms with van der Waals surface area (Å²) in [5.41, 5.74) is 0.792. The van der Waals surface area contributed by atoms with Gasteiger partial charge in [0.25, 0.3) is 0 Å². The summed E-state index contributed by atoms with van der Waals surface area (Å²) in [6.45, 7) is 1.84. The van der Waals surface area contributed by atoms with Gasteiger partial charge in [0.1, 0.15) is 23.7 Å². The van der Waals surface area contributed by atoms with E-state index >= 15 is 0 Å². The van der Waals surface area contributed by atoms with Crippen LogP contribution in [0.25, 0.3) is 0 Å². The first-order chi connectivity index (χ1) is 10.1. The molecule has 2 rings (SSSR count). The Balaban J connectivity index is 2.02. The monoisotopic (exact) mass is 290 g/mol. The number of benzene rings is 1. The van der Waals surface area contributed by atoms with Crippen molar-refractivity contribution in [2.45, 2.75) is 19.4 Å². The van der Waals surface area contributed by atoms with E-state index in [1.165, 1.54) is 6.33 Å². The second-order valence-electron chi connectivity index (χ2n) is 4.51. The molecule has 1 unspecified atom stereocenters. The number of carbonyl (C=O) groups excluding carboxylic acids is 1. The first-order valence-electron chi connectivity index (χ1n) is 6.49. The van der Waals surface area contributed by atoms with Gasteiger partial charge in [-0.15, -0.1) is 0 Å². The molecule has 7 heteroatoms. The summed E-state index contributed by atoms with van der Waals surface area (Å²) in [5, 5.41) is 9.34. The maximum Gasteiger partial charge on any atom is 0.225 e. The zero-order chi connectivity index (χ0) is 15.2. The molecule has 1 amide bonds. The lowest BCUT2D eigenvalue weighted by Gasteiger charge is -2.13. The maximum absolute atomic E-state index is 12.1. The number of nitrogens with zero attached hydrogens (tertiary/aromatic N) is 2. The van der Waals surface area contributed by atoms with Crippen LogP contribution in [0.5, 0.6) is 11.5 Å². The number of aromatic amines is 1. The molecule has 0 radical (unpaired) electrons. The number of methoxy groups -OCH3 is 2. The number of ether oxygens (including phenoxy) is 2. The molecule has 0 aliphatic heterocycles. The normalized spacial score (nSPS) is 11.8. The van der Waals surface area contributed by atoms with Gasteiger partial charge in [0.15, 0.2) is 0 Å². The molecule has 21 heavy (non-hydrogen) atoms. The molecule has 1 heterocycles. The molecule has 0 bridgehead atoms. The van der Waals surface area contributed by atoms with E-state index in [2.05, 4.69) is 20.5 Å². The van der Waals surface area contributed by atoms with E-state index < -0.39 is 0 Å². The first kappa shape index (κ1) is 14.8. The molecule has 0 aliphatic carbocycles. The Morgan fingerprint density at radius 2 is 2.19 bits per heavy atom. The first-order valence-corrected chi connectivity index (χ1v) is 6.49. The van der Waals surface area contributed by atoms with Gasteiger partial charge in [0, 0.05) is 11.6 Å². The average Bonchev–Trinajstić information content (AvgIpc) is 3.01. The van der Waals surface area contributed by atoms with Gasteiger partial charge < -0.3 is 14.8 Å². The maximum atomic E-state index is 12.1. The average molecular weight is 290 g/mol. The highest BCUT2D eigenvalue weighted by atomic mass is 16.5. The highest BCUT2D eigenvalue weighted by Gasteiger charge is 2.14. The second kappa shape index (κ2) is 6.74. The van der Waals surface area contributed by atoms with Gasteiger partial charge in [-0.2, -0.15) is 5.10 Å². The van der Waals surface area contributed by atoms with Crippen LogP contribution in [0.2, 0.25) is 0 Å². The minimum absolute atomic E-state index is 0.123. The highest BCUT2D eigenvalue weighted by Crippen LogP contribution is 2.25. The zero-order valence-corrected chi connectivity index (χ0v) is 12.2. The highest BCUT2D eigenvalue weighted by molar-refractivity contribution is 5.79. The van der Waals surface area contributed by atoms with Crippen molar-refractivity contribution in [2.24, 2.45) is 0 Å². The number of H-pyrrole nitrogens is 1. The summed E-state index contributed by atoms with van der Waals surface area (Å²) in [6.07, 6.45) is 1.62. The summed E-state index contributed by atoms with van der Waals surface area (Å²) in [7, 11) is 3.15. The third-order valence-electron chi connectivity index (χ3n) is 3.07. The Kier molecular flexibility index (Phi) is 4.76. The van der Waals surface area contributed by atoms with E-state index in [4.69, 9.17) is 9.47 Å². The Morgan fingerprint density at radius 1 is 1.38 bits per heavy atom. The molecule has 112 valence electrons. The number of hydrogen-bond donors (Lipinski definition) is 2. The number of amides is 1. The van der Waals surface area contributed by atoms with Crippen LogP contribution < -0.4 is 14.8 Å². The smallest absolute Gasteiger partial charge is 0.225 e. The minimum Gasteiger partial charge on any atom is -0.497 e.